The average molecular weight is 182 g/mol. The van der Waals surface area contributed by atoms with Crippen LogP contribution in [0.5, 0.6) is 0 Å². The van der Waals surface area contributed by atoms with Crippen molar-refractivity contribution in [2.24, 2.45) is 5.92 Å². The molecule has 4 heteroatoms. The number of hydrogen-bond acceptors (Lipinski definition) is 2. The summed E-state index contributed by atoms with van der Waals surface area (Å²) >= 11 is 0. The molecule has 1 unspecified atom stereocenters. The van der Waals surface area contributed by atoms with E-state index in [1.165, 1.54) is 0 Å². The summed E-state index contributed by atoms with van der Waals surface area (Å²) in [6.45, 7) is 3.74. The van der Waals surface area contributed by atoms with Gasteiger partial charge in [-0.25, -0.2) is 4.79 Å². The molecule has 0 aliphatic heterocycles. The molecule has 1 aromatic heterocycles. The van der Waals surface area contributed by atoms with E-state index in [0.29, 0.717) is 0 Å². The highest BCUT2D eigenvalue weighted by molar-refractivity contribution is 5.75. The second kappa shape index (κ2) is 3.98. The van der Waals surface area contributed by atoms with Gasteiger partial charge >= 0.3 is 5.97 Å². The Morgan fingerprint density at radius 3 is 2.31 bits per heavy atom. The van der Waals surface area contributed by atoms with Crippen molar-refractivity contribution in [1.82, 2.24) is 4.68 Å². The summed E-state index contributed by atoms with van der Waals surface area (Å²) in [4.78, 5) is 10.8. The topological polar surface area (TPSA) is 54.3 Å². The van der Waals surface area contributed by atoms with Gasteiger partial charge in [-0.1, -0.05) is 13.8 Å². The van der Waals surface area contributed by atoms with E-state index in [2.05, 4.69) is 5.43 Å². The van der Waals surface area contributed by atoms with Crippen molar-refractivity contribution in [1.29, 1.82) is 0 Å². The van der Waals surface area contributed by atoms with Crippen LogP contribution in [-0.2, 0) is 4.79 Å². The van der Waals surface area contributed by atoms with Gasteiger partial charge in [0.25, 0.3) is 0 Å². The molecule has 72 valence electrons. The Hall–Kier alpha value is -1.45. The van der Waals surface area contributed by atoms with Gasteiger partial charge in [-0.3, -0.25) is 4.68 Å². The van der Waals surface area contributed by atoms with Crippen LogP contribution >= 0.6 is 0 Å². The molecule has 1 rings (SSSR count). The van der Waals surface area contributed by atoms with Crippen LogP contribution in [0, 0.1) is 5.92 Å². The summed E-state index contributed by atoms with van der Waals surface area (Å²) in [6, 6.07) is 3.13. The van der Waals surface area contributed by atoms with E-state index in [4.69, 9.17) is 5.11 Å². The second-order valence-corrected chi connectivity index (χ2v) is 3.28. The number of carboxylic acids is 1. The van der Waals surface area contributed by atoms with Crippen molar-refractivity contribution in [3.63, 3.8) is 0 Å². The Bertz CT molecular complexity index is 267. The normalized spacial score (nSPS) is 12.8. The third-order valence-electron chi connectivity index (χ3n) is 1.83. The first-order valence-corrected chi connectivity index (χ1v) is 4.23. The van der Waals surface area contributed by atoms with Gasteiger partial charge in [-0.05, 0) is 18.1 Å². The lowest BCUT2D eigenvalue weighted by Crippen LogP contribution is -2.38. The molecular weight excluding hydrogens is 168 g/mol. The predicted molar refractivity (Wildman–Crippen MR) is 50.1 cm³/mol. The van der Waals surface area contributed by atoms with E-state index < -0.39 is 12.0 Å². The van der Waals surface area contributed by atoms with Crippen molar-refractivity contribution in [3.8, 4) is 0 Å². The molecule has 0 saturated carbocycles. The van der Waals surface area contributed by atoms with Gasteiger partial charge in [-0.2, -0.15) is 0 Å². The van der Waals surface area contributed by atoms with Crippen LogP contribution in [0.3, 0.4) is 0 Å². The zero-order chi connectivity index (χ0) is 9.84. The third-order valence-corrected chi connectivity index (χ3v) is 1.83. The van der Waals surface area contributed by atoms with E-state index in [-0.39, 0.29) is 5.92 Å². The molecule has 0 radical (unpaired) electrons. The Kier molecular flexibility index (Phi) is 2.95. The van der Waals surface area contributed by atoms with E-state index in [9.17, 15) is 4.79 Å². The fourth-order valence-electron chi connectivity index (χ4n) is 1.07. The minimum atomic E-state index is -0.830. The second-order valence-electron chi connectivity index (χ2n) is 3.28. The highest BCUT2D eigenvalue weighted by Gasteiger charge is 2.20. The first-order valence-electron chi connectivity index (χ1n) is 4.23. The van der Waals surface area contributed by atoms with Crippen LogP contribution in [0.25, 0.3) is 0 Å². The van der Waals surface area contributed by atoms with Crippen molar-refractivity contribution in [2.45, 2.75) is 19.9 Å². The number of aromatic nitrogens is 1. The molecule has 1 atom stereocenters. The molecule has 0 saturated heterocycles. The quantitative estimate of drug-likeness (QED) is 0.734. The molecular formula is C9H14N2O2. The number of nitrogens with one attached hydrogen (secondary N) is 1. The lowest BCUT2D eigenvalue weighted by molar-refractivity contribution is -0.139. The van der Waals surface area contributed by atoms with E-state index in [1.807, 2.05) is 26.0 Å². The van der Waals surface area contributed by atoms with Crippen molar-refractivity contribution >= 4 is 5.97 Å². The number of hydrogen-bond donors (Lipinski definition) is 2. The maximum atomic E-state index is 10.8. The highest BCUT2D eigenvalue weighted by Crippen LogP contribution is 2.03. The largest absolute Gasteiger partial charge is 0.480 e. The molecule has 0 bridgehead atoms. The highest BCUT2D eigenvalue weighted by atomic mass is 16.4. The molecule has 1 aromatic rings. The molecule has 0 aliphatic carbocycles. The Morgan fingerprint density at radius 2 is 1.92 bits per heavy atom. The fourth-order valence-corrected chi connectivity index (χ4v) is 1.07. The maximum Gasteiger partial charge on any atom is 0.327 e. The van der Waals surface area contributed by atoms with Crippen molar-refractivity contribution < 1.29 is 9.90 Å². The zero-order valence-corrected chi connectivity index (χ0v) is 7.77. The Balaban J connectivity index is 2.63. The SMILES string of the molecule is CC(C)C(Nn1cccc1)C(=O)O. The maximum absolute atomic E-state index is 10.8. The minimum Gasteiger partial charge on any atom is -0.480 e. The fraction of sp³-hybridized carbons (Fsp3) is 0.444. The monoisotopic (exact) mass is 182 g/mol. The van der Waals surface area contributed by atoms with Gasteiger partial charge in [0.1, 0.15) is 6.04 Å². The van der Waals surface area contributed by atoms with Gasteiger partial charge in [0, 0.05) is 12.4 Å². The summed E-state index contributed by atoms with van der Waals surface area (Å²) < 4.78 is 1.65. The molecule has 0 aliphatic rings. The lowest BCUT2D eigenvalue weighted by atomic mass is 10.1. The van der Waals surface area contributed by atoms with Crippen LogP contribution in [0.2, 0.25) is 0 Å². The van der Waals surface area contributed by atoms with Gasteiger partial charge in [0.2, 0.25) is 0 Å². The summed E-state index contributed by atoms with van der Waals surface area (Å²) in [5.74, 6) is -0.774. The molecule has 0 fully saturated rings. The summed E-state index contributed by atoms with van der Waals surface area (Å²) in [5.41, 5.74) is 2.88. The van der Waals surface area contributed by atoms with Crippen LogP contribution < -0.4 is 5.43 Å². The third kappa shape index (κ3) is 2.50. The van der Waals surface area contributed by atoms with E-state index in [0.717, 1.165) is 0 Å². The van der Waals surface area contributed by atoms with Gasteiger partial charge < -0.3 is 10.5 Å². The van der Waals surface area contributed by atoms with Crippen LogP contribution in [-0.4, -0.2) is 21.8 Å². The van der Waals surface area contributed by atoms with Crippen LogP contribution in [0.1, 0.15) is 13.8 Å². The molecule has 0 amide bonds. The molecule has 4 nitrogen and oxygen atoms in total. The van der Waals surface area contributed by atoms with E-state index >= 15 is 0 Å². The average Bonchev–Trinajstić information content (AvgIpc) is 2.50. The predicted octanol–water partition coefficient (Wildman–Crippen LogP) is 1.14. The van der Waals surface area contributed by atoms with E-state index in [1.54, 1.807) is 17.1 Å². The Labute approximate surface area is 77.2 Å². The standard InChI is InChI=1S/C9H14N2O2/c1-7(2)8(9(12)13)10-11-5-3-4-6-11/h3-8,10H,1-2H3,(H,12,13). The zero-order valence-electron chi connectivity index (χ0n) is 7.77. The molecule has 0 spiro atoms. The number of carboxylic acid groups (broad SMARTS) is 1. The lowest BCUT2D eigenvalue weighted by Gasteiger charge is -2.19. The molecule has 0 aromatic carbocycles. The minimum absolute atomic E-state index is 0.0555. The van der Waals surface area contributed by atoms with Crippen molar-refractivity contribution in [2.75, 3.05) is 5.43 Å². The molecule has 1 heterocycles. The van der Waals surface area contributed by atoms with Crippen molar-refractivity contribution in [3.05, 3.63) is 24.5 Å². The Morgan fingerprint density at radius 1 is 1.38 bits per heavy atom. The summed E-state index contributed by atoms with van der Waals surface area (Å²) in [6.07, 6.45) is 3.55. The van der Waals surface area contributed by atoms with Gasteiger partial charge in [0.15, 0.2) is 0 Å². The summed E-state index contributed by atoms with van der Waals surface area (Å²) in [5, 5.41) is 8.87. The number of aliphatic carboxylic acids is 1. The van der Waals surface area contributed by atoms with Crippen LogP contribution in [0.15, 0.2) is 24.5 Å². The number of nitrogens with zero attached hydrogens (tertiary/aromatic N) is 1. The van der Waals surface area contributed by atoms with Gasteiger partial charge in [-0.15, -0.1) is 0 Å². The molecule has 2 N–H and O–H groups in total. The first kappa shape index (κ1) is 9.64. The van der Waals surface area contributed by atoms with Gasteiger partial charge in [0.05, 0.1) is 0 Å². The first-order chi connectivity index (χ1) is 6.11. The number of rotatable bonds is 4. The molecule has 13 heavy (non-hydrogen) atoms. The smallest absolute Gasteiger partial charge is 0.327 e. The number of carbonyl (C=O) groups is 1. The van der Waals surface area contributed by atoms with Crippen LogP contribution in [0.4, 0.5) is 0 Å². The summed E-state index contributed by atoms with van der Waals surface area (Å²) in [7, 11) is 0.